The molecule has 1 aromatic rings. The van der Waals surface area contributed by atoms with Crippen LogP contribution in [0.5, 0.6) is 0 Å². The zero-order chi connectivity index (χ0) is 14.4. The van der Waals surface area contributed by atoms with Crippen molar-refractivity contribution < 1.29 is 5.11 Å². The number of hydrogen-bond acceptors (Lipinski definition) is 4. The Labute approximate surface area is 122 Å². The molecule has 0 bridgehead atoms. The largest absolute Gasteiger partial charge is 0.392 e. The molecule has 2 heterocycles. The molecule has 1 fully saturated rings. The predicted octanol–water partition coefficient (Wildman–Crippen LogP) is 1.40. The Morgan fingerprint density at radius 2 is 2.10 bits per heavy atom. The van der Waals surface area contributed by atoms with Gasteiger partial charge in [0.25, 0.3) is 0 Å². The van der Waals surface area contributed by atoms with Crippen molar-refractivity contribution >= 4 is 0 Å². The Kier molecular flexibility index (Phi) is 5.95. The number of aliphatic hydroxyl groups is 1. The van der Waals surface area contributed by atoms with Crippen molar-refractivity contribution in [1.82, 2.24) is 14.8 Å². The number of piperazine rings is 1. The fourth-order valence-electron chi connectivity index (χ4n) is 2.96. The van der Waals surface area contributed by atoms with Gasteiger partial charge in [-0.3, -0.25) is 9.88 Å². The summed E-state index contributed by atoms with van der Waals surface area (Å²) in [6, 6.07) is 4.78. The first-order chi connectivity index (χ1) is 9.69. The van der Waals surface area contributed by atoms with Crippen LogP contribution in [0.2, 0.25) is 0 Å². The highest BCUT2D eigenvalue weighted by atomic mass is 16.3. The zero-order valence-electron chi connectivity index (χ0n) is 12.7. The molecule has 2 atom stereocenters. The SMILES string of the molecule is CC[C@@H]1CN(CCc2ccncc2)CCN1C[C@@H](C)O. The van der Waals surface area contributed by atoms with E-state index in [2.05, 4.69) is 33.8 Å². The van der Waals surface area contributed by atoms with Crippen molar-refractivity contribution in [1.29, 1.82) is 0 Å². The van der Waals surface area contributed by atoms with E-state index < -0.39 is 0 Å². The molecule has 0 spiro atoms. The number of hydrogen-bond donors (Lipinski definition) is 1. The van der Waals surface area contributed by atoms with E-state index in [1.807, 2.05) is 19.3 Å². The lowest BCUT2D eigenvalue weighted by Gasteiger charge is -2.41. The maximum Gasteiger partial charge on any atom is 0.0639 e. The summed E-state index contributed by atoms with van der Waals surface area (Å²) in [6.07, 6.45) is 5.75. The first kappa shape index (κ1) is 15.4. The Hall–Kier alpha value is -0.970. The second kappa shape index (κ2) is 7.72. The summed E-state index contributed by atoms with van der Waals surface area (Å²) >= 11 is 0. The lowest BCUT2D eigenvalue weighted by molar-refractivity contribution is 0.0371. The Morgan fingerprint density at radius 1 is 1.35 bits per heavy atom. The first-order valence-electron chi connectivity index (χ1n) is 7.72. The number of β-amino-alcohol motifs (C(OH)–C–C–N with tert-alkyl or cyclic N) is 1. The number of nitrogens with zero attached hydrogens (tertiary/aromatic N) is 3. The zero-order valence-corrected chi connectivity index (χ0v) is 12.7. The number of rotatable bonds is 6. The molecule has 2 rings (SSSR count). The second-order valence-corrected chi connectivity index (χ2v) is 5.81. The van der Waals surface area contributed by atoms with E-state index in [4.69, 9.17) is 0 Å². The molecule has 0 aliphatic carbocycles. The third-order valence-corrected chi connectivity index (χ3v) is 4.12. The molecule has 1 aliphatic heterocycles. The van der Waals surface area contributed by atoms with E-state index in [0.29, 0.717) is 6.04 Å². The van der Waals surface area contributed by atoms with E-state index in [9.17, 15) is 5.11 Å². The van der Waals surface area contributed by atoms with Crippen molar-refractivity contribution in [3.63, 3.8) is 0 Å². The maximum atomic E-state index is 9.57. The van der Waals surface area contributed by atoms with Gasteiger partial charge in [-0.25, -0.2) is 0 Å². The van der Waals surface area contributed by atoms with Crippen molar-refractivity contribution in [2.45, 2.75) is 38.8 Å². The van der Waals surface area contributed by atoms with E-state index in [1.54, 1.807) is 0 Å². The van der Waals surface area contributed by atoms with Crippen molar-refractivity contribution in [3.05, 3.63) is 30.1 Å². The summed E-state index contributed by atoms with van der Waals surface area (Å²) in [7, 11) is 0. The quantitative estimate of drug-likeness (QED) is 0.853. The fraction of sp³-hybridized carbons (Fsp3) is 0.688. The molecule has 4 nitrogen and oxygen atoms in total. The highest BCUT2D eigenvalue weighted by molar-refractivity contribution is 5.10. The van der Waals surface area contributed by atoms with Crippen LogP contribution in [0, 0.1) is 0 Å². The van der Waals surface area contributed by atoms with Crippen molar-refractivity contribution in [2.24, 2.45) is 0 Å². The predicted molar refractivity (Wildman–Crippen MR) is 81.7 cm³/mol. The molecule has 1 saturated heterocycles. The Balaban J connectivity index is 1.81. The van der Waals surface area contributed by atoms with E-state index in [0.717, 1.165) is 45.6 Å². The summed E-state index contributed by atoms with van der Waals surface area (Å²) in [5.74, 6) is 0. The van der Waals surface area contributed by atoms with Crippen LogP contribution in [-0.2, 0) is 6.42 Å². The Morgan fingerprint density at radius 3 is 2.75 bits per heavy atom. The number of aromatic nitrogens is 1. The molecule has 0 unspecified atom stereocenters. The van der Waals surface area contributed by atoms with Crippen LogP contribution >= 0.6 is 0 Å². The molecular formula is C16H27N3O. The normalized spacial score (nSPS) is 22.9. The van der Waals surface area contributed by atoms with Gasteiger partial charge in [-0.2, -0.15) is 0 Å². The number of aliphatic hydroxyl groups excluding tert-OH is 1. The third-order valence-electron chi connectivity index (χ3n) is 4.12. The van der Waals surface area contributed by atoms with Gasteiger partial charge in [0.05, 0.1) is 6.10 Å². The molecule has 20 heavy (non-hydrogen) atoms. The smallest absolute Gasteiger partial charge is 0.0639 e. The van der Waals surface area contributed by atoms with Gasteiger partial charge in [0.2, 0.25) is 0 Å². The lowest BCUT2D eigenvalue weighted by atomic mass is 10.1. The molecule has 112 valence electrons. The molecule has 1 aliphatic rings. The van der Waals surface area contributed by atoms with Gasteiger partial charge in [-0.15, -0.1) is 0 Å². The van der Waals surface area contributed by atoms with Gasteiger partial charge in [-0.05, 0) is 37.5 Å². The van der Waals surface area contributed by atoms with Crippen LogP contribution in [0.1, 0.15) is 25.8 Å². The van der Waals surface area contributed by atoms with Gasteiger partial charge >= 0.3 is 0 Å². The van der Waals surface area contributed by atoms with Crippen LogP contribution in [0.3, 0.4) is 0 Å². The highest BCUT2D eigenvalue weighted by Crippen LogP contribution is 2.14. The van der Waals surface area contributed by atoms with E-state index >= 15 is 0 Å². The molecule has 4 heteroatoms. The summed E-state index contributed by atoms with van der Waals surface area (Å²) in [5, 5.41) is 9.57. The molecule has 0 aromatic carbocycles. The minimum atomic E-state index is -0.229. The average molecular weight is 277 g/mol. The average Bonchev–Trinajstić information content (AvgIpc) is 2.46. The topological polar surface area (TPSA) is 39.6 Å². The molecule has 1 N–H and O–H groups in total. The highest BCUT2D eigenvalue weighted by Gasteiger charge is 2.25. The van der Waals surface area contributed by atoms with Crippen molar-refractivity contribution in [3.8, 4) is 0 Å². The van der Waals surface area contributed by atoms with Gasteiger partial charge in [0, 0.05) is 51.2 Å². The first-order valence-corrected chi connectivity index (χ1v) is 7.72. The maximum absolute atomic E-state index is 9.57. The van der Waals surface area contributed by atoms with Crippen LogP contribution in [0.25, 0.3) is 0 Å². The third kappa shape index (κ3) is 4.54. The van der Waals surface area contributed by atoms with E-state index in [1.165, 1.54) is 5.56 Å². The summed E-state index contributed by atoms with van der Waals surface area (Å²) in [6.45, 7) is 9.33. The van der Waals surface area contributed by atoms with Gasteiger partial charge < -0.3 is 10.0 Å². The van der Waals surface area contributed by atoms with E-state index in [-0.39, 0.29) is 6.10 Å². The second-order valence-electron chi connectivity index (χ2n) is 5.81. The molecule has 0 amide bonds. The number of pyridine rings is 1. The fourth-order valence-corrected chi connectivity index (χ4v) is 2.96. The van der Waals surface area contributed by atoms with Gasteiger partial charge in [-0.1, -0.05) is 6.92 Å². The standard InChI is InChI=1S/C16H27N3O/c1-3-16-13-18(10-11-19(16)12-14(2)20)9-6-15-4-7-17-8-5-15/h4-5,7-8,14,16,20H,3,6,9-13H2,1-2H3/t14-,16-/m1/s1. The molecular weight excluding hydrogens is 250 g/mol. The van der Waals surface area contributed by atoms with Crippen LogP contribution < -0.4 is 0 Å². The lowest BCUT2D eigenvalue weighted by Crippen LogP contribution is -2.54. The molecule has 0 saturated carbocycles. The summed E-state index contributed by atoms with van der Waals surface area (Å²) in [5.41, 5.74) is 1.36. The molecule has 0 radical (unpaired) electrons. The minimum Gasteiger partial charge on any atom is -0.392 e. The van der Waals surface area contributed by atoms with Gasteiger partial charge in [0.15, 0.2) is 0 Å². The Bertz CT molecular complexity index is 383. The minimum absolute atomic E-state index is 0.229. The summed E-state index contributed by atoms with van der Waals surface area (Å²) in [4.78, 5) is 9.05. The van der Waals surface area contributed by atoms with Crippen molar-refractivity contribution in [2.75, 3.05) is 32.7 Å². The van der Waals surface area contributed by atoms with Crippen LogP contribution in [0.4, 0.5) is 0 Å². The summed E-state index contributed by atoms with van der Waals surface area (Å²) < 4.78 is 0. The van der Waals surface area contributed by atoms with Crippen LogP contribution in [0.15, 0.2) is 24.5 Å². The monoisotopic (exact) mass is 277 g/mol. The van der Waals surface area contributed by atoms with Crippen LogP contribution in [-0.4, -0.2) is 64.8 Å². The van der Waals surface area contributed by atoms with Gasteiger partial charge in [0.1, 0.15) is 0 Å². The molecule has 1 aromatic heterocycles.